The van der Waals surface area contributed by atoms with E-state index >= 15 is 0 Å². The van der Waals surface area contributed by atoms with Gasteiger partial charge in [0.25, 0.3) is 0 Å². The largest absolute Gasteiger partial charge is 0.381 e. The minimum atomic E-state index is 0.301. The molecule has 2 fully saturated rings. The SMILES string of the molecule is NCC1(CN2CCOCC2)CCOCC1. The normalized spacial score (nSPS) is 27.8. The van der Waals surface area contributed by atoms with Crippen molar-refractivity contribution in [2.24, 2.45) is 11.1 Å². The minimum absolute atomic E-state index is 0.301. The lowest BCUT2D eigenvalue weighted by Gasteiger charge is -2.41. The fraction of sp³-hybridized carbons (Fsp3) is 1.00. The molecule has 0 aliphatic carbocycles. The first kappa shape index (κ1) is 11.3. The molecular formula is C11H22N2O2. The molecule has 4 heteroatoms. The van der Waals surface area contributed by atoms with Gasteiger partial charge in [0.2, 0.25) is 0 Å². The third kappa shape index (κ3) is 2.91. The Labute approximate surface area is 91.7 Å². The molecule has 0 aromatic carbocycles. The van der Waals surface area contributed by atoms with Crippen molar-refractivity contribution in [2.45, 2.75) is 12.8 Å². The molecule has 2 N–H and O–H groups in total. The summed E-state index contributed by atoms with van der Waals surface area (Å²) in [5.41, 5.74) is 6.24. The predicted octanol–water partition coefficient (Wildman–Crippen LogP) is 0.0741. The van der Waals surface area contributed by atoms with Crippen molar-refractivity contribution in [3.63, 3.8) is 0 Å². The molecule has 0 aromatic heterocycles. The van der Waals surface area contributed by atoms with Gasteiger partial charge in [-0.25, -0.2) is 0 Å². The minimum Gasteiger partial charge on any atom is -0.381 e. The second-order valence-electron chi connectivity index (χ2n) is 4.71. The Balaban J connectivity index is 1.87. The molecule has 0 atom stereocenters. The van der Waals surface area contributed by atoms with Crippen LogP contribution in [0.3, 0.4) is 0 Å². The van der Waals surface area contributed by atoms with E-state index in [0.29, 0.717) is 5.41 Å². The average molecular weight is 214 g/mol. The molecule has 2 aliphatic heterocycles. The summed E-state index contributed by atoms with van der Waals surface area (Å²) < 4.78 is 10.8. The van der Waals surface area contributed by atoms with Crippen LogP contribution in [-0.2, 0) is 9.47 Å². The van der Waals surface area contributed by atoms with Gasteiger partial charge >= 0.3 is 0 Å². The number of rotatable bonds is 3. The van der Waals surface area contributed by atoms with Gasteiger partial charge in [0.1, 0.15) is 0 Å². The van der Waals surface area contributed by atoms with Gasteiger partial charge in [-0.15, -0.1) is 0 Å². The van der Waals surface area contributed by atoms with Gasteiger partial charge in [-0.05, 0) is 24.8 Å². The molecule has 0 radical (unpaired) electrons. The summed E-state index contributed by atoms with van der Waals surface area (Å²) in [7, 11) is 0. The average Bonchev–Trinajstić information content (AvgIpc) is 2.32. The van der Waals surface area contributed by atoms with Crippen molar-refractivity contribution >= 4 is 0 Å². The van der Waals surface area contributed by atoms with Gasteiger partial charge in [0.05, 0.1) is 13.2 Å². The topological polar surface area (TPSA) is 47.7 Å². The van der Waals surface area contributed by atoms with Crippen LogP contribution in [0.5, 0.6) is 0 Å². The molecule has 0 saturated carbocycles. The van der Waals surface area contributed by atoms with Crippen LogP contribution in [0.25, 0.3) is 0 Å². The van der Waals surface area contributed by atoms with Gasteiger partial charge in [-0.3, -0.25) is 4.90 Å². The number of ether oxygens (including phenoxy) is 2. The standard InChI is InChI=1S/C11H22N2O2/c12-9-11(1-5-14-6-2-11)10-13-3-7-15-8-4-13/h1-10,12H2. The Morgan fingerprint density at radius 2 is 1.60 bits per heavy atom. The van der Waals surface area contributed by atoms with Crippen LogP contribution in [0.15, 0.2) is 0 Å². The highest BCUT2D eigenvalue weighted by Crippen LogP contribution is 2.30. The van der Waals surface area contributed by atoms with Gasteiger partial charge in [0.15, 0.2) is 0 Å². The van der Waals surface area contributed by atoms with E-state index in [2.05, 4.69) is 4.90 Å². The maximum absolute atomic E-state index is 5.94. The zero-order valence-corrected chi connectivity index (χ0v) is 9.41. The summed E-state index contributed by atoms with van der Waals surface area (Å²) in [6, 6.07) is 0. The first-order valence-corrected chi connectivity index (χ1v) is 5.93. The molecule has 2 heterocycles. The lowest BCUT2D eigenvalue weighted by molar-refractivity contribution is -0.0256. The Morgan fingerprint density at radius 1 is 1.00 bits per heavy atom. The summed E-state index contributed by atoms with van der Waals surface area (Å²) in [6.07, 6.45) is 2.22. The summed E-state index contributed by atoms with van der Waals surface area (Å²) in [5.74, 6) is 0. The van der Waals surface area contributed by atoms with Crippen LogP contribution < -0.4 is 5.73 Å². The number of nitrogens with zero attached hydrogens (tertiary/aromatic N) is 1. The van der Waals surface area contributed by atoms with Crippen molar-refractivity contribution in [2.75, 3.05) is 52.6 Å². The van der Waals surface area contributed by atoms with Crippen LogP contribution in [0.1, 0.15) is 12.8 Å². The lowest BCUT2D eigenvalue weighted by atomic mass is 9.79. The fourth-order valence-electron chi connectivity index (χ4n) is 2.46. The van der Waals surface area contributed by atoms with Crippen LogP contribution in [0.4, 0.5) is 0 Å². The van der Waals surface area contributed by atoms with E-state index in [9.17, 15) is 0 Å². The van der Waals surface area contributed by atoms with Crippen LogP contribution in [0, 0.1) is 5.41 Å². The monoisotopic (exact) mass is 214 g/mol. The molecule has 0 aromatic rings. The Kier molecular flexibility index (Phi) is 3.97. The van der Waals surface area contributed by atoms with Crippen molar-refractivity contribution < 1.29 is 9.47 Å². The maximum Gasteiger partial charge on any atom is 0.0594 e. The van der Waals surface area contributed by atoms with Gasteiger partial charge in [-0.1, -0.05) is 0 Å². The van der Waals surface area contributed by atoms with Gasteiger partial charge in [-0.2, -0.15) is 0 Å². The maximum atomic E-state index is 5.94. The van der Waals surface area contributed by atoms with E-state index in [4.69, 9.17) is 15.2 Å². The first-order chi connectivity index (χ1) is 7.35. The lowest BCUT2D eigenvalue weighted by Crippen LogP contribution is -2.49. The summed E-state index contributed by atoms with van der Waals surface area (Å²) in [4.78, 5) is 2.49. The zero-order chi connectivity index (χ0) is 10.6. The Bertz CT molecular complexity index is 187. The molecule has 88 valence electrons. The molecule has 0 spiro atoms. The number of hydrogen-bond acceptors (Lipinski definition) is 4. The number of morpholine rings is 1. The van der Waals surface area contributed by atoms with Crippen molar-refractivity contribution in [1.29, 1.82) is 0 Å². The van der Waals surface area contributed by atoms with E-state index in [-0.39, 0.29) is 0 Å². The summed E-state index contributed by atoms with van der Waals surface area (Å²) in [6.45, 7) is 7.52. The fourth-order valence-corrected chi connectivity index (χ4v) is 2.46. The molecule has 0 amide bonds. The summed E-state index contributed by atoms with van der Waals surface area (Å²) >= 11 is 0. The molecule has 2 saturated heterocycles. The van der Waals surface area contributed by atoms with Crippen molar-refractivity contribution in [1.82, 2.24) is 4.90 Å². The quantitative estimate of drug-likeness (QED) is 0.722. The first-order valence-electron chi connectivity index (χ1n) is 5.93. The van der Waals surface area contributed by atoms with Crippen molar-refractivity contribution in [3.8, 4) is 0 Å². The molecule has 0 bridgehead atoms. The molecule has 15 heavy (non-hydrogen) atoms. The Morgan fingerprint density at radius 3 is 2.20 bits per heavy atom. The van der Waals surface area contributed by atoms with E-state index in [1.165, 1.54) is 0 Å². The molecule has 4 nitrogen and oxygen atoms in total. The Hall–Kier alpha value is -0.160. The highest BCUT2D eigenvalue weighted by Gasteiger charge is 2.33. The highest BCUT2D eigenvalue weighted by molar-refractivity contribution is 4.86. The second kappa shape index (κ2) is 5.25. The van der Waals surface area contributed by atoms with Gasteiger partial charge < -0.3 is 15.2 Å². The zero-order valence-electron chi connectivity index (χ0n) is 9.41. The predicted molar refractivity (Wildman–Crippen MR) is 58.8 cm³/mol. The number of hydrogen-bond donors (Lipinski definition) is 1. The van der Waals surface area contributed by atoms with Gasteiger partial charge in [0, 0.05) is 32.8 Å². The van der Waals surface area contributed by atoms with E-state index in [1.54, 1.807) is 0 Å². The van der Waals surface area contributed by atoms with Crippen LogP contribution >= 0.6 is 0 Å². The molecule has 2 rings (SSSR count). The smallest absolute Gasteiger partial charge is 0.0594 e. The summed E-state index contributed by atoms with van der Waals surface area (Å²) in [5, 5.41) is 0. The third-order valence-electron chi connectivity index (χ3n) is 3.65. The number of nitrogens with two attached hydrogens (primary N) is 1. The van der Waals surface area contributed by atoms with E-state index < -0.39 is 0 Å². The van der Waals surface area contributed by atoms with Crippen molar-refractivity contribution in [3.05, 3.63) is 0 Å². The third-order valence-corrected chi connectivity index (χ3v) is 3.65. The second-order valence-corrected chi connectivity index (χ2v) is 4.71. The van der Waals surface area contributed by atoms with E-state index in [1.807, 2.05) is 0 Å². The highest BCUT2D eigenvalue weighted by atomic mass is 16.5. The molecular weight excluding hydrogens is 192 g/mol. The van der Waals surface area contributed by atoms with Crippen LogP contribution in [-0.4, -0.2) is 57.5 Å². The van der Waals surface area contributed by atoms with Crippen LogP contribution in [0.2, 0.25) is 0 Å². The van der Waals surface area contributed by atoms with E-state index in [0.717, 1.165) is 65.4 Å². The molecule has 0 unspecified atom stereocenters. The molecule has 2 aliphatic rings.